The second-order valence-corrected chi connectivity index (χ2v) is 4.40. The first kappa shape index (κ1) is 12.5. The first-order valence-corrected chi connectivity index (χ1v) is 5.76. The topological polar surface area (TPSA) is 34.9 Å². The zero-order chi connectivity index (χ0) is 13.4. The molecule has 0 N–H and O–H groups in total. The number of aromatic nitrogens is 2. The first-order chi connectivity index (χ1) is 8.43. The van der Waals surface area contributed by atoms with Gasteiger partial charge in [0, 0.05) is 11.3 Å². The molecule has 1 aromatic carbocycles. The second kappa shape index (κ2) is 4.37. The van der Waals surface area contributed by atoms with E-state index in [4.69, 9.17) is 0 Å². The van der Waals surface area contributed by atoms with Gasteiger partial charge in [0.15, 0.2) is 5.78 Å². The Morgan fingerprint density at radius 2 is 1.94 bits per heavy atom. The van der Waals surface area contributed by atoms with Gasteiger partial charge in [0.25, 0.3) is 0 Å². The fourth-order valence-electron chi connectivity index (χ4n) is 1.95. The van der Waals surface area contributed by atoms with Crippen LogP contribution in [0.1, 0.15) is 34.2 Å². The van der Waals surface area contributed by atoms with Crippen LogP contribution < -0.4 is 0 Å². The van der Waals surface area contributed by atoms with E-state index >= 15 is 0 Å². The van der Waals surface area contributed by atoms with E-state index < -0.39 is 5.82 Å². The van der Waals surface area contributed by atoms with Crippen molar-refractivity contribution in [3.05, 3.63) is 46.5 Å². The molecule has 0 aliphatic heterocycles. The van der Waals surface area contributed by atoms with Crippen molar-refractivity contribution in [2.45, 2.75) is 27.7 Å². The van der Waals surface area contributed by atoms with Gasteiger partial charge < -0.3 is 0 Å². The highest BCUT2D eigenvalue weighted by molar-refractivity contribution is 5.97. The highest BCUT2D eigenvalue weighted by Gasteiger charge is 2.18. The van der Waals surface area contributed by atoms with Crippen LogP contribution in [0.3, 0.4) is 0 Å². The molecule has 0 spiro atoms. The summed E-state index contributed by atoms with van der Waals surface area (Å²) in [6.07, 6.45) is 0. The van der Waals surface area contributed by atoms with Crippen molar-refractivity contribution in [1.82, 2.24) is 9.78 Å². The smallest absolute Gasteiger partial charge is 0.162 e. The molecule has 0 aliphatic rings. The fraction of sp³-hybridized carbons (Fsp3) is 0.286. The molecule has 18 heavy (non-hydrogen) atoms. The lowest BCUT2D eigenvalue weighted by molar-refractivity contribution is 0.101. The SMILES string of the molecule is CC(=O)c1cccc(F)c1-n1nc(C)c(C)c1C. The van der Waals surface area contributed by atoms with Crippen LogP contribution in [0.15, 0.2) is 18.2 Å². The van der Waals surface area contributed by atoms with Gasteiger partial charge in [0.05, 0.1) is 5.69 Å². The van der Waals surface area contributed by atoms with Gasteiger partial charge in [-0.3, -0.25) is 4.79 Å². The Kier molecular flexibility index (Phi) is 3.03. The third-order valence-electron chi connectivity index (χ3n) is 3.23. The molecule has 94 valence electrons. The van der Waals surface area contributed by atoms with Gasteiger partial charge in [-0.1, -0.05) is 6.07 Å². The molecule has 0 unspecified atom stereocenters. The summed E-state index contributed by atoms with van der Waals surface area (Å²) in [5.41, 5.74) is 3.28. The number of para-hydroxylation sites is 1. The second-order valence-electron chi connectivity index (χ2n) is 4.40. The number of nitrogens with zero attached hydrogens (tertiary/aromatic N) is 2. The molecule has 0 bridgehead atoms. The number of halogens is 1. The zero-order valence-corrected chi connectivity index (χ0v) is 10.9. The van der Waals surface area contributed by atoms with E-state index in [1.54, 1.807) is 6.07 Å². The van der Waals surface area contributed by atoms with E-state index in [2.05, 4.69) is 5.10 Å². The highest BCUT2D eigenvalue weighted by atomic mass is 19.1. The number of aryl methyl sites for hydroxylation is 1. The van der Waals surface area contributed by atoms with Crippen molar-refractivity contribution in [2.24, 2.45) is 0 Å². The molecule has 0 amide bonds. The summed E-state index contributed by atoms with van der Waals surface area (Å²) in [4.78, 5) is 11.6. The minimum absolute atomic E-state index is 0.172. The lowest BCUT2D eigenvalue weighted by Gasteiger charge is -2.10. The highest BCUT2D eigenvalue weighted by Crippen LogP contribution is 2.23. The third-order valence-corrected chi connectivity index (χ3v) is 3.23. The van der Waals surface area contributed by atoms with Crippen molar-refractivity contribution in [1.29, 1.82) is 0 Å². The van der Waals surface area contributed by atoms with Crippen LogP contribution in [0.25, 0.3) is 5.69 Å². The van der Waals surface area contributed by atoms with Crippen LogP contribution in [-0.2, 0) is 0 Å². The van der Waals surface area contributed by atoms with Gasteiger partial charge in [0.2, 0.25) is 0 Å². The molecule has 0 saturated carbocycles. The number of rotatable bonds is 2. The van der Waals surface area contributed by atoms with E-state index in [9.17, 15) is 9.18 Å². The van der Waals surface area contributed by atoms with Crippen molar-refractivity contribution in [2.75, 3.05) is 0 Å². The average Bonchev–Trinajstić information content (AvgIpc) is 2.56. The van der Waals surface area contributed by atoms with E-state index in [1.807, 2.05) is 20.8 Å². The summed E-state index contributed by atoms with van der Waals surface area (Å²) < 4.78 is 15.5. The van der Waals surface area contributed by atoms with E-state index in [1.165, 1.54) is 23.7 Å². The van der Waals surface area contributed by atoms with Crippen molar-refractivity contribution >= 4 is 5.78 Å². The van der Waals surface area contributed by atoms with Crippen molar-refractivity contribution < 1.29 is 9.18 Å². The molecule has 4 heteroatoms. The molecule has 0 atom stereocenters. The molecule has 2 rings (SSSR count). The minimum atomic E-state index is -0.437. The molecule has 1 aromatic heterocycles. The van der Waals surface area contributed by atoms with Gasteiger partial charge in [-0.2, -0.15) is 5.10 Å². The quantitative estimate of drug-likeness (QED) is 0.763. The maximum Gasteiger partial charge on any atom is 0.162 e. The lowest BCUT2D eigenvalue weighted by atomic mass is 10.1. The molecule has 0 fully saturated rings. The van der Waals surface area contributed by atoms with Gasteiger partial charge in [0.1, 0.15) is 11.5 Å². The summed E-state index contributed by atoms with van der Waals surface area (Å²) in [5, 5.41) is 4.31. The summed E-state index contributed by atoms with van der Waals surface area (Å²) in [5.74, 6) is -0.608. The predicted molar refractivity (Wildman–Crippen MR) is 67.7 cm³/mol. The van der Waals surface area contributed by atoms with Crippen molar-refractivity contribution in [3.63, 3.8) is 0 Å². The van der Waals surface area contributed by atoms with E-state index in [0.29, 0.717) is 5.56 Å². The average molecular weight is 246 g/mol. The van der Waals surface area contributed by atoms with Crippen LogP contribution in [0.5, 0.6) is 0 Å². The van der Waals surface area contributed by atoms with Gasteiger partial charge in [-0.25, -0.2) is 9.07 Å². The van der Waals surface area contributed by atoms with Crippen LogP contribution in [0.4, 0.5) is 4.39 Å². The van der Waals surface area contributed by atoms with E-state index in [-0.39, 0.29) is 11.5 Å². The van der Waals surface area contributed by atoms with Crippen molar-refractivity contribution in [3.8, 4) is 5.69 Å². The van der Waals surface area contributed by atoms with Gasteiger partial charge in [-0.15, -0.1) is 0 Å². The third kappa shape index (κ3) is 1.83. The Labute approximate surface area is 105 Å². The largest absolute Gasteiger partial charge is 0.294 e. The standard InChI is InChI=1S/C14H15FN2O/c1-8-9(2)16-17(10(8)3)14-12(11(4)18)6-5-7-13(14)15/h5-7H,1-4H3. The molecule has 3 nitrogen and oxygen atoms in total. The Balaban J connectivity index is 2.78. The monoisotopic (exact) mass is 246 g/mol. The van der Waals surface area contributed by atoms with Crippen LogP contribution in [0.2, 0.25) is 0 Å². The summed E-state index contributed by atoms with van der Waals surface area (Å²) in [6, 6.07) is 4.49. The zero-order valence-electron chi connectivity index (χ0n) is 10.9. The number of Topliss-reactive ketones (excluding diaryl/α,β-unsaturated/α-hetero) is 1. The fourth-order valence-corrected chi connectivity index (χ4v) is 1.95. The number of carbonyl (C=O) groups is 1. The Morgan fingerprint density at radius 1 is 1.28 bits per heavy atom. The summed E-state index contributed by atoms with van der Waals surface area (Å²) in [6.45, 7) is 7.10. The summed E-state index contributed by atoms with van der Waals surface area (Å²) in [7, 11) is 0. The van der Waals surface area contributed by atoms with Gasteiger partial charge >= 0.3 is 0 Å². The first-order valence-electron chi connectivity index (χ1n) is 5.76. The maximum absolute atomic E-state index is 14.0. The Morgan fingerprint density at radius 3 is 2.44 bits per heavy atom. The molecule has 0 saturated heterocycles. The number of hydrogen-bond donors (Lipinski definition) is 0. The molecule has 1 heterocycles. The number of benzene rings is 1. The maximum atomic E-state index is 14.0. The van der Waals surface area contributed by atoms with Gasteiger partial charge in [-0.05, 0) is 45.4 Å². The molecule has 0 radical (unpaired) electrons. The molecule has 0 aliphatic carbocycles. The number of hydrogen-bond acceptors (Lipinski definition) is 2. The Bertz CT molecular complexity index is 629. The predicted octanol–water partition coefficient (Wildman–Crippen LogP) is 3.14. The normalized spacial score (nSPS) is 10.7. The number of carbonyl (C=O) groups excluding carboxylic acids is 1. The van der Waals surface area contributed by atoms with Crippen LogP contribution in [0, 0.1) is 26.6 Å². The van der Waals surface area contributed by atoms with Crippen LogP contribution >= 0.6 is 0 Å². The van der Waals surface area contributed by atoms with Crippen LogP contribution in [-0.4, -0.2) is 15.6 Å². The molecule has 2 aromatic rings. The minimum Gasteiger partial charge on any atom is -0.294 e. The molecular formula is C14H15FN2O. The summed E-state index contributed by atoms with van der Waals surface area (Å²) >= 11 is 0. The van der Waals surface area contributed by atoms with E-state index in [0.717, 1.165) is 17.0 Å². The number of ketones is 1. The lowest BCUT2D eigenvalue weighted by Crippen LogP contribution is -2.09. The molecular weight excluding hydrogens is 231 g/mol. The Hall–Kier alpha value is -1.97.